The van der Waals surface area contributed by atoms with Gasteiger partial charge in [-0.05, 0) is 48.2 Å². The SMILES string of the molecule is CCOC(=O)c1cc(NC(=O)COc2ccc(C(C)(C)C)cc2)ccc1N1CCOCC1. The number of amides is 1. The molecular weight excluding hydrogens is 408 g/mol. The maximum absolute atomic E-state index is 12.5. The molecule has 1 fully saturated rings. The summed E-state index contributed by atoms with van der Waals surface area (Å²) >= 11 is 0. The van der Waals surface area contributed by atoms with Crippen molar-refractivity contribution in [1.82, 2.24) is 0 Å². The van der Waals surface area contributed by atoms with Crippen molar-refractivity contribution in [2.75, 3.05) is 49.7 Å². The van der Waals surface area contributed by atoms with Crippen molar-refractivity contribution in [2.24, 2.45) is 0 Å². The van der Waals surface area contributed by atoms with Crippen molar-refractivity contribution in [1.29, 1.82) is 0 Å². The van der Waals surface area contributed by atoms with Crippen molar-refractivity contribution >= 4 is 23.3 Å². The van der Waals surface area contributed by atoms with Gasteiger partial charge in [-0.15, -0.1) is 0 Å². The Bertz CT molecular complexity index is 928. The van der Waals surface area contributed by atoms with E-state index in [4.69, 9.17) is 14.2 Å². The van der Waals surface area contributed by atoms with Crippen molar-refractivity contribution < 1.29 is 23.8 Å². The van der Waals surface area contributed by atoms with Crippen molar-refractivity contribution in [2.45, 2.75) is 33.1 Å². The summed E-state index contributed by atoms with van der Waals surface area (Å²) in [5.41, 5.74) is 2.97. The summed E-state index contributed by atoms with van der Waals surface area (Å²) in [5, 5.41) is 2.80. The van der Waals surface area contributed by atoms with Crippen molar-refractivity contribution in [3.8, 4) is 5.75 Å². The number of nitrogens with one attached hydrogen (secondary N) is 1. The molecule has 1 aliphatic heterocycles. The van der Waals surface area contributed by atoms with Crippen LogP contribution in [0.3, 0.4) is 0 Å². The molecule has 1 aliphatic rings. The van der Waals surface area contributed by atoms with Crippen LogP contribution in [-0.2, 0) is 19.7 Å². The maximum Gasteiger partial charge on any atom is 0.340 e. The second-order valence-corrected chi connectivity index (χ2v) is 8.66. The number of carbonyl (C=O) groups excluding carboxylic acids is 2. The highest BCUT2D eigenvalue weighted by Gasteiger charge is 2.21. The van der Waals surface area contributed by atoms with Crippen molar-refractivity contribution in [3.63, 3.8) is 0 Å². The number of anilines is 2. The van der Waals surface area contributed by atoms with Gasteiger partial charge in [0.05, 0.1) is 31.1 Å². The summed E-state index contributed by atoms with van der Waals surface area (Å²) in [6.07, 6.45) is 0. The van der Waals surface area contributed by atoms with Gasteiger partial charge in [-0.25, -0.2) is 4.79 Å². The molecule has 7 heteroatoms. The molecule has 172 valence electrons. The minimum atomic E-state index is -0.416. The molecule has 0 radical (unpaired) electrons. The lowest BCUT2D eigenvalue weighted by molar-refractivity contribution is -0.118. The van der Waals surface area contributed by atoms with E-state index in [2.05, 4.69) is 31.0 Å². The van der Waals surface area contributed by atoms with E-state index < -0.39 is 5.97 Å². The summed E-state index contributed by atoms with van der Waals surface area (Å²) in [6, 6.07) is 13.0. The zero-order valence-electron chi connectivity index (χ0n) is 19.3. The first-order chi connectivity index (χ1) is 15.3. The molecule has 0 atom stereocenters. The monoisotopic (exact) mass is 440 g/mol. The van der Waals surface area contributed by atoms with E-state index in [-0.39, 0.29) is 24.5 Å². The molecule has 0 saturated carbocycles. The highest BCUT2D eigenvalue weighted by atomic mass is 16.5. The molecule has 0 aliphatic carbocycles. The van der Waals surface area contributed by atoms with E-state index in [0.717, 1.165) is 5.69 Å². The average molecular weight is 441 g/mol. The molecule has 0 aromatic heterocycles. The fourth-order valence-corrected chi connectivity index (χ4v) is 3.46. The Morgan fingerprint density at radius 2 is 1.75 bits per heavy atom. The summed E-state index contributed by atoms with van der Waals surface area (Å²) in [4.78, 5) is 27.1. The molecule has 0 unspecified atom stereocenters. The number of ether oxygens (including phenoxy) is 3. The number of hydrogen-bond acceptors (Lipinski definition) is 6. The standard InChI is InChI=1S/C25H32N2O5/c1-5-31-24(29)21-16-19(8-11-22(21)27-12-14-30-15-13-27)26-23(28)17-32-20-9-6-18(7-10-20)25(2,3)4/h6-11,16H,5,12-15,17H2,1-4H3,(H,26,28). The quantitative estimate of drug-likeness (QED) is 0.656. The van der Waals surface area contributed by atoms with Gasteiger partial charge in [-0.2, -0.15) is 0 Å². The second-order valence-electron chi connectivity index (χ2n) is 8.66. The van der Waals surface area contributed by atoms with Crippen LogP contribution in [0.1, 0.15) is 43.6 Å². The maximum atomic E-state index is 12.5. The minimum absolute atomic E-state index is 0.0555. The molecule has 7 nitrogen and oxygen atoms in total. The van der Waals surface area contributed by atoms with E-state index in [9.17, 15) is 9.59 Å². The molecule has 2 aromatic rings. The molecule has 1 heterocycles. The average Bonchev–Trinajstić information content (AvgIpc) is 2.78. The summed E-state index contributed by atoms with van der Waals surface area (Å²) in [5.74, 6) is -0.0952. The zero-order valence-corrected chi connectivity index (χ0v) is 19.3. The highest BCUT2D eigenvalue weighted by molar-refractivity contribution is 5.99. The Morgan fingerprint density at radius 3 is 2.38 bits per heavy atom. The fourth-order valence-electron chi connectivity index (χ4n) is 3.46. The third-order valence-electron chi connectivity index (χ3n) is 5.22. The van der Waals surface area contributed by atoms with E-state index in [1.54, 1.807) is 19.1 Å². The topological polar surface area (TPSA) is 77.1 Å². The largest absolute Gasteiger partial charge is 0.484 e. The third kappa shape index (κ3) is 6.23. The Hall–Kier alpha value is -3.06. The van der Waals surface area contributed by atoms with E-state index in [0.29, 0.717) is 43.3 Å². The number of hydrogen-bond donors (Lipinski definition) is 1. The molecule has 1 saturated heterocycles. The van der Waals surface area contributed by atoms with E-state index in [1.807, 2.05) is 30.3 Å². The number of rotatable bonds is 7. The first-order valence-corrected chi connectivity index (χ1v) is 10.9. The van der Waals surface area contributed by atoms with E-state index >= 15 is 0 Å². The summed E-state index contributed by atoms with van der Waals surface area (Å²) in [6.45, 7) is 10.9. The van der Waals surface area contributed by atoms with Crippen LogP contribution in [0.15, 0.2) is 42.5 Å². The van der Waals surface area contributed by atoms with Gasteiger partial charge in [0.25, 0.3) is 5.91 Å². The number of benzene rings is 2. The number of morpholine rings is 1. The predicted octanol–water partition coefficient (Wildman–Crippen LogP) is 4.01. The van der Waals surface area contributed by atoms with Crippen LogP contribution in [0.5, 0.6) is 5.75 Å². The van der Waals surface area contributed by atoms with Gasteiger partial charge in [0.2, 0.25) is 0 Å². The zero-order chi connectivity index (χ0) is 23.1. The van der Waals surface area contributed by atoms with Gasteiger partial charge < -0.3 is 24.4 Å². The normalized spacial score (nSPS) is 14.1. The molecule has 0 spiro atoms. The Kier molecular flexibility index (Phi) is 7.75. The summed E-state index contributed by atoms with van der Waals surface area (Å²) < 4.78 is 16.2. The van der Waals surface area contributed by atoms with Gasteiger partial charge in [0, 0.05) is 18.8 Å². The molecule has 3 rings (SSSR count). The number of esters is 1. The summed E-state index contributed by atoms with van der Waals surface area (Å²) in [7, 11) is 0. The van der Waals surface area contributed by atoms with Crippen LogP contribution in [0, 0.1) is 0 Å². The van der Waals surface area contributed by atoms with E-state index in [1.165, 1.54) is 5.56 Å². The molecule has 32 heavy (non-hydrogen) atoms. The fraction of sp³-hybridized carbons (Fsp3) is 0.440. The second kappa shape index (κ2) is 10.5. The van der Waals surface area contributed by atoms with Gasteiger partial charge in [-0.3, -0.25) is 4.79 Å². The number of nitrogens with zero attached hydrogens (tertiary/aromatic N) is 1. The first-order valence-electron chi connectivity index (χ1n) is 10.9. The van der Waals surface area contributed by atoms with Crippen LogP contribution in [-0.4, -0.2) is 51.4 Å². The molecule has 0 bridgehead atoms. The Labute approximate surface area is 189 Å². The van der Waals surface area contributed by atoms with Crippen LogP contribution in [0.2, 0.25) is 0 Å². The van der Waals surface area contributed by atoms with Gasteiger partial charge >= 0.3 is 5.97 Å². The van der Waals surface area contributed by atoms with Crippen LogP contribution in [0.4, 0.5) is 11.4 Å². The lowest BCUT2D eigenvalue weighted by atomic mass is 9.87. The first kappa shape index (κ1) is 23.6. The van der Waals surface area contributed by atoms with Crippen LogP contribution < -0.4 is 15.0 Å². The Balaban J connectivity index is 1.66. The smallest absolute Gasteiger partial charge is 0.340 e. The minimum Gasteiger partial charge on any atom is -0.484 e. The van der Waals surface area contributed by atoms with Crippen molar-refractivity contribution in [3.05, 3.63) is 53.6 Å². The predicted molar refractivity (Wildman–Crippen MR) is 125 cm³/mol. The highest BCUT2D eigenvalue weighted by Crippen LogP contribution is 2.27. The molecular formula is C25H32N2O5. The molecule has 1 amide bonds. The van der Waals surface area contributed by atoms with Gasteiger partial charge in [-0.1, -0.05) is 32.9 Å². The molecule has 2 aromatic carbocycles. The van der Waals surface area contributed by atoms with Gasteiger partial charge in [0.15, 0.2) is 6.61 Å². The van der Waals surface area contributed by atoms with Crippen LogP contribution in [0.25, 0.3) is 0 Å². The third-order valence-corrected chi connectivity index (χ3v) is 5.22. The lowest BCUT2D eigenvalue weighted by Crippen LogP contribution is -2.37. The molecule has 1 N–H and O–H groups in total. The number of carbonyl (C=O) groups is 2. The van der Waals surface area contributed by atoms with Gasteiger partial charge in [0.1, 0.15) is 5.75 Å². The Morgan fingerprint density at radius 1 is 1.06 bits per heavy atom. The van der Waals surface area contributed by atoms with Crippen LogP contribution >= 0.6 is 0 Å². The lowest BCUT2D eigenvalue weighted by Gasteiger charge is -2.30.